The first kappa shape index (κ1) is 18.8. The van der Waals surface area contributed by atoms with Gasteiger partial charge in [-0.25, -0.2) is 23.1 Å². The maximum absolute atomic E-state index is 12.7. The minimum absolute atomic E-state index is 0.0130. The Morgan fingerprint density at radius 1 is 1.12 bits per heavy atom. The molecule has 1 aliphatic rings. The van der Waals surface area contributed by atoms with Gasteiger partial charge in [0, 0.05) is 44.0 Å². The summed E-state index contributed by atoms with van der Waals surface area (Å²) in [4.78, 5) is 12.7. The van der Waals surface area contributed by atoms with Crippen LogP contribution >= 0.6 is 0 Å². The standard InChI is InChI=1S/C18H25N5O2S/c1-22(2)11-16-12-23(18-19-9-6-10-20-18)13-17(16)21-26(24,25)14-15-7-4-3-5-8-15/h3-10,16-17,21H,11-14H2,1-2H3/t16-,17-/m1/s1. The van der Waals surface area contributed by atoms with Crippen molar-refractivity contribution in [1.29, 1.82) is 0 Å². The van der Waals surface area contributed by atoms with Gasteiger partial charge in [-0.3, -0.25) is 0 Å². The fraction of sp³-hybridized carbons (Fsp3) is 0.444. The lowest BCUT2D eigenvalue weighted by Gasteiger charge is -2.22. The lowest BCUT2D eigenvalue weighted by Crippen LogP contribution is -2.43. The number of benzene rings is 1. The Morgan fingerprint density at radius 3 is 2.46 bits per heavy atom. The molecule has 7 nitrogen and oxygen atoms in total. The van der Waals surface area contributed by atoms with Gasteiger partial charge in [-0.2, -0.15) is 0 Å². The Balaban J connectivity index is 1.73. The van der Waals surface area contributed by atoms with Gasteiger partial charge in [-0.05, 0) is 25.7 Å². The molecule has 1 fully saturated rings. The Kier molecular flexibility index (Phi) is 5.85. The molecular formula is C18H25N5O2S. The fourth-order valence-corrected chi connectivity index (χ4v) is 4.79. The highest BCUT2D eigenvalue weighted by atomic mass is 32.2. The lowest BCUT2D eigenvalue weighted by atomic mass is 10.0. The summed E-state index contributed by atoms with van der Waals surface area (Å²) in [7, 11) is 0.566. The van der Waals surface area contributed by atoms with Crippen LogP contribution in [0.1, 0.15) is 5.56 Å². The Labute approximate surface area is 155 Å². The smallest absolute Gasteiger partial charge is 0.225 e. The number of nitrogens with zero attached hydrogens (tertiary/aromatic N) is 4. The zero-order chi connectivity index (χ0) is 18.6. The van der Waals surface area contributed by atoms with Gasteiger partial charge in [0.2, 0.25) is 16.0 Å². The molecule has 0 aliphatic carbocycles. The maximum atomic E-state index is 12.7. The van der Waals surface area contributed by atoms with Crippen LogP contribution in [-0.4, -0.2) is 63.1 Å². The van der Waals surface area contributed by atoms with E-state index in [0.717, 1.165) is 18.7 Å². The van der Waals surface area contributed by atoms with E-state index < -0.39 is 10.0 Å². The van der Waals surface area contributed by atoms with E-state index in [2.05, 4.69) is 19.6 Å². The highest BCUT2D eigenvalue weighted by molar-refractivity contribution is 7.88. The summed E-state index contributed by atoms with van der Waals surface area (Å²) in [5.41, 5.74) is 0.783. The van der Waals surface area contributed by atoms with Crippen LogP contribution in [0.25, 0.3) is 0 Å². The monoisotopic (exact) mass is 375 g/mol. The van der Waals surface area contributed by atoms with Gasteiger partial charge in [-0.15, -0.1) is 0 Å². The van der Waals surface area contributed by atoms with E-state index in [1.54, 1.807) is 18.5 Å². The zero-order valence-corrected chi connectivity index (χ0v) is 15.9. The van der Waals surface area contributed by atoms with Crippen LogP contribution in [0.2, 0.25) is 0 Å². The summed E-state index contributed by atoms with van der Waals surface area (Å²) < 4.78 is 28.2. The first-order valence-electron chi connectivity index (χ1n) is 8.63. The summed E-state index contributed by atoms with van der Waals surface area (Å²) in [5, 5.41) is 0. The summed E-state index contributed by atoms with van der Waals surface area (Å²) in [6.45, 7) is 2.08. The van der Waals surface area contributed by atoms with Crippen LogP contribution in [0.15, 0.2) is 48.8 Å². The number of aromatic nitrogens is 2. The van der Waals surface area contributed by atoms with Crippen molar-refractivity contribution < 1.29 is 8.42 Å². The molecule has 0 saturated carbocycles. The van der Waals surface area contributed by atoms with Crippen LogP contribution < -0.4 is 9.62 Å². The van der Waals surface area contributed by atoms with Crippen LogP contribution in [0.4, 0.5) is 5.95 Å². The molecule has 1 aliphatic heterocycles. The molecule has 8 heteroatoms. The molecule has 0 unspecified atom stereocenters. The number of hydrogen-bond donors (Lipinski definition) is 1. The number of hydrogen-bond acceptors (Lipinski definition) is 6. The molecule has 1 aromatic carbocycles. The third kappa shape index (κ3) is 5.00. The number of nitrogens with one attached hydrogen (secondary N) is 1. The van der Waals surface area contributed by atoms with E-state index in [-0.39, 0.29) is 17.7 Å². The average molecular weight is 375 g/mol. The van der Waals surface area contributed by atoms with E-state index in [1.165, 1.54) is 0 Å². The first-order chi connectivity index (χ1) is 12.4. The lowest BCUT2D eigenvalue weighted by molar-refractivity contribution is 0.315. The van der Waals surface area contributed by atoms with E-state index in [4.69, 9.17) is 0 Å². The minimum Gasteiger partial charge on any atom is -0.339 e. The van der Waals surface area contributed by atoms with Crippen molar-refractivity contribution in [2.45, 2.75) is 11.8 Å². The molecule has 1 N–H and O–H groups in total. The molecule has 0 spiro atoms. The third-order valence-corrected chi connectivity index (χ3v) is 5.78. The molecule has 0 bridgehead atoms. The van der Waals surface area contributed by atoms with E-state index in [9.17, 15) is 8.42 Å². The van der Waals surface area contributed by atoms with Crippen LogP contribution in [0.3, 0.4) is 0 Å². The zero-order valence-electron chi connectivity index (χ0n) is 15.1. The predicted molar refractivity (Wildman–Crippen MR) is 102 cm³/mol. The van der Waals surface area contributed by atoms with E-state index >= 15 is 0 Å². The number of rotatable bonds is 7. The second-order valence-electron chi connectivity index (χ2n) is 6.95. The molecule has 1 aromatic heterocycles. The number of anilines is 1. The van der Waals surface area contributed by atoms with Crippen molar-refractivity contribution in [1.82, 2.24) is 19.6 Å². The fourth-order valence-electron chi connectivity index (χ4n) is 3.34. The van der Waals surface area contributed by atoms with Crippen molar-refractivity contribution in [3.63, 3.8) is 0 Å². The van der Waals surface area contributed by atoms with E-state index in [0.29, 0.717) is 12.5 Å². The summed E-state index contributed by atoms with van der Waals surface area (Å²) >= 11 is 0. The van der Waals surface area contributed by atoms with Gasteiger partial charge in [-0.1, -0.05) is 30.3 Å². The summed E-state index contributed by atoms with van der Waals surface area (Å²) in [6, 6.07) is 10.8. The molecule has 26 heavy (non-hydrogen) atoms. The van der Waals surface area contributed by atoms with Crippen molar-refractivity contribution in [2.24, 2.45) is 5.92 Å². The van der Waals surface area contributed by atoms with Crippen LogP contribution in [0, 0.1) is 5.92 Å². The molecule has 140 valence electrons. The van der Waals surface area contributed by atoms with Crippen molar-refractivity contribution in [3.8, 4) is 0 Å². The minimum atomic E-state index is -3.43. The Morgan fingerprint density at radius 2 is 1.81 bits per heavy atom. The van der Waals surface area contributed by atoms with Gasteiger partial charge >= 0.3 is 0 Å². The Bertz CT molecular complexity index is 799. The maximum Gasteiger partial charge on any atom is 0.225 e. The molecule has 2 aromatic rings. The molecule has 3 rings (SSSR count). The molecule has 2 atom stereocenters. The molecule has 2 heterocycles. The predicted octanol–water partition coefficient (Wildman–Crippen LogP) is 0.963. The average Bonchev–Trinajstić information content (AvgIpc) is 2.97. The quantitative estimate of drug-likeness (QED) is 0.777. The van der Waals surface area contributed by atoms with Crippen molar-refractivity contribution in [2.75, 3.05) is 38.6 Å². The highest BCUT2D eigenvalue weighted by Gasteiger charge is 2.36. The van der Waals surface area contributed by atoms with Gasteiger partial charge in [0.15, 0.2) is 0 Å². The number of sulfonamides is 1. The normalized spacial score (nSPS) is 20.7. The molecule has 0 amide bonds. The third-order valence-electron chi connectivity index (χ3n) is 4.41. The van der Waals surface area contributed by atoms with Gasteiger partial charge < -0.3 is 9.80 Å². The first-order valence-corrected chi connectivity index (χ1v) is 10.3. The molecular weight excluding hydrogens is 350 g/mol. The van der Waals surface area contributed by atoms with E-state index in [1.807, 2.05) is 49.3 Å². The highest BCUT2D eigenvalue weighted by Crippen LogP contribution is 2.22. The Hall–Kier alpha value is -2.03. The summed E-state index contributed by atoms with van der Waals surface area (Å²) in [5.74, 6) is 0.793. The second-order valence-corrected chi connectivity index (χ2v) is 8.70. The SMILES string of the molecule is CN(C)C[C@@H]1CN(c2ncccn2)C[C@H]1NS(=O)(=O)Cc1ccccc1. The van der Waals surface area contributed by atoms with Crippen LogP contribution in [-0.2, 0) is 15.8 Å². The van der Waals surface area contributed by atoms with Crippen molar-refractivity contribution >= 4 is 16.0 Å². The molecule has 0 radical (unpaired) electrons. The van der Waals surface area contributed by atoms with Gasteiger partial charge in [0.05, 0.1) is 5.75 Å². The second kappa shape index (κ2) is 8.11. The van der Waals surface area contributed by atoms with Gasteiger partial charge in [0.1, 0.15) is 0 Å². The topological polar surface area (TPSA) is 78.4 Å². The van der Waals surface area contributed by atoms with Crippen molar-refractivity contribution in [3.05, 3.63) is 54.4 Å². The van der Waals surface area contributed by atoms with Crippen LogP contribution in [0.5, 0.6) is 0 Å². The molecule has 1 saturated heterocycles. The summed E-state index contributed by atoms with van der Waals surface area (Å²) in [6.07, 6.45) is 3.41. The van der Waals surface area contributed by atoms with Gasteiger partial charge in [0.25, 0.3) is 0 Å². The largest absolute Gasteiger partial charge is 0.339 e.